The minimum atomic E-state index is -4.94. The van der Waals surface area contributed by atoms with Crippen molar-refractivity contribution in [3.8, 4) is 0 Å². The third-order valence-electron chi connectivity index (χ3n) is 3.24. The van der Waals surface area contributed by atoms with Gasteiger partial charge in [0.05, 0.1) is 6.42 Å². The van der Waals surface area contributed by atoms with Gasteiger partial charge in [0, 0.05) is 22.8 Å². The summed E-state index contributed by atoms with van der Waals surface area (Å²) >= 11 is 1.86. The van der Waals surface area contributed by atoms with E-state index in [9.17, 15) is 0 Å². The van der Waals surface area contributed by atoms with Crippen LogP contribution in [0.3, 0.4) is 0 Å². The van der Waals surface area contributed by atoms with Crippen molar-refractivity contribution < 1.29 is 38.6 Å². The SMILES string of the molecule is [O-][Cl+3]([O-])([O-])[O-].c1ccc([NH+]=C2CCC(CSc3ccccc3)O2)cc1. The predicted octanol–water partition coefficient (Wildman–Crippen LogP) is -1.99. The van der Waals surface area contributed by atoms with Gasteiger partial charge < -0.3 is 4.74 Å². The summed E-state index contributed by atoms with van der Waals surface area (Å²) in [6.45, 7) is 0. The molecule has 0 bridgehead atoms. The fraction of sp³-hybridized carbons (Fsp3) is 0.235. The zero-order chi connectivity index (χ0) is 18.1. The Morgan fingerprint density at radius 1 is 0.960 bits per heavy atom. The Morgan fingerprint density at radius 3 is 2.12 bits per heavy atom. The van der Waals surface area contributed by atoms with E-state index in [1.807, 2.05) is 36.0 Å². The maximum atomic E-state index is 8.49. The van der Waals surface area contributed by atoms with Crippen molar-refractivity contribution in [2.75, 3.05) is 5.75 Å². The zero-order valence-electron chi connectivity index (χ0n) is 13.3. The van der Waals surface area contributed by atoms with Crippen LogP contribution in [0.25, 0.3) is 0 Å². The van der Waals surface area contributed by atoms with Crippen LogP contribution in [0.4, 0.5) is 5.69 Å². The lowest BCUT2D eigenvalue weighted by Gasteiger charge is -2.17. The first-order chi connectivity index (χ1) is 11.9. The third-order valence-corrected chi connectivity index (χ3v) is 4.38. The lowest BCUT2D eigenvalue weighted by molar-refractivity contribution is -2.00. The largest absolute Gasteiger partial charge is 0.444 e. The van der Waals surface area contributed by atoms with E-state index in [2.05, 4.69) is 41.4 Å². The lowest BCUT2D eigenvalue weighted by Crippen LogP contribution is -2.68. The zero-order valence-corrected chi connectivity index (χ0v) is 14.9. The van der Waals surface area contributed by atoms with Gasteiger partial charge in [-0.2, -0.15) is 4.99 Å². The molecule has 25 heavy (non-hydrogen) atoms. The molecule has 1 fully saturated rings. The number of para-hydroxylation sites is 1. The molecule has 1 aliphatic rings. The van der Waals surface area contributed by atoms with Crippen molar-refractivity contribution in [3.05, 3.63) is 60.7 Å². The van der Waals surface area contributed by atoms with Crippen molar-refractivity contribution in [2.45, 2.75) is 23.8 Å². The van der Waals surface area contributed by atoms with Gasteiger partial charge in [0.2, 0.25) is 5.69 Å². The molecule has 0 radical (unpaired) electrons. The average molecular weight is 384 g/mol. The molecule has 1 atom stereocenters. The fourth-order valence-corrected chi connectivity index (χ4v) is 3.17. The highest BCUT2D eigenvalue weighted by atomic mass is 35.7. The number of hydrogen-bond donors (Lipinski definition) is 1. The number of halogens is 1. The van der Waals surface area contributed by atoms with E-state index in [0.29, 0.717) is 6.10 Å². The summed E-state index contributed by atoms with van der Waals surface area (Å²) in [6.07, 6.45) is 2.40. The van der Waals surface area contributed by atoms with Gasteiger partial charge in [0.25, 0.3) is 0 Å². The van der Waals surface area contributed by atoms with Crippen LogP contribution in [0.2, 0.25) is 0 Å². The average Bonchev–Trinajstić information content (AvgIpc) is 3.01. The van der Waals surface area contributed by atoms with Gasteiger partial charge in [0.15, 0.2) is 0 Å². The minimum Gasteiger partial charge on any atom is -0.444 e. The number of rotatable bonds is 4. The summed E-state index contributed by atoms with van der Waals surface area (Å²) in [6, 6.07) is 20.7. The van der Waals surface area contributed by atoms with Crippen molar-refractivity contribution in [2.24, 2.45) is 0 Å². The normalized spacial score (nSPS) is 18.4. The Bertz CT molecular complexity index is 658. The quantitative estimate of drug-likeness (QED) is 0.611. The lowest BCUT2D eigenvalue weighted by atomic mass is 10.2. The second-order valence-electron chi connectivity index (χ2n) is 5.19. The van der Waals surface area contributed by atoms with Crippen LogP contribution in [0.5, 0.6) is 0 Å². The molecule has 0 spiro atoms. The Labute approximate surface area is 152 Å². The summed E-state index contributed by atoms with van der Waals surface area (Å²) in [5.41, 5.74) is 1.10. The Hall–Kier alpha value is -1.61. The molecule has 0 saturated carbocycles. The highest BCUT2D eigenvalue weighted by Gasteiger charge is 2.26. The molecule has 0 amide bonds. The minimum absolute atomic E-state index is 0.311. The molecule has 8 heteroatoms. The van der Waals surface area contributed by atoms with Gasteiger partial charge in [-0.25, -0.2) is 18.6 Å². The van der Waals surface area contributed by atoms with Crippen molar-refractivity contribution in [1.29, 1.82) is 0 Å². The Morgan fingerprint density at radius 2 is 1.52 bits per heavy atom. The summed E-state index contributed by atoms with van der Waals surface area (Å²) in [5, 5.41) is 0. The topological polar surface area (TPSA) is 115 Å². The molecule has 1 unspecified atom stereocenters. The van der Waals surface area contributed by atoms with Crippen LogP contribution < -0.4 is 23.6 Å². The van der Waals surface area contributed by atoms with Crippen molar-refractivity contribution in [3.63, 3.8) is 0 Å². The van der Waals surface area contributed by atoms with E-state index in [0.717, 1.165) is 30.2 Å². The molecule has 2 aromatic rings. The number of benzene rings is 2. The predicted molar refractivity (Wildman–Crippen MR) is 83.3 cm³/mol. The maximum Gasteiger partial charge on any atom is 0.340 e. The molecular weight excluding hydrogens is 366 g/mol. The van der Waals surface area contributed by atoms with E-state index >= 15 is 0 Å². The number of hydrogen-bond acceptors (Lipinski definition) is 6. The van der Waals surface area contributed by atoms with E-state index in [-0.39, 0.29) is 0 Å². The molecular formula is C17H18ClNO5S. The summed E-state index contributed by atoms with van der Waals surface area (Å²) in [4.78, 5) is 4.66. The smallest absolute Gasteiger partial charge is 0.340 e. The summed E-state index contributed by atoms with van der Waals surface area (Å²) in [7, 11) is -4.94. The first-order valence-corrected chi connectivity index (χ1v) is 9.76. The molecule has 3 rings (SSSR count). The molecule has 1 aliphatic heterocycles. The second kappa shape index (κ2) is 9.76. The second-order valence-corrected chi connectivity index (χ2v) is 7.04. The van der Waals surface area contributed by atoms with E-state index < -0.39 is 10.2 Å². The van der Waals surface area contributed by atoms with Crippen LogP contribution in [0.1, 0.15) is 12.8 Å². The summed E-state index contributed by atoms with van der Waals surface area (Å²) in [5.74, 6) is 2.00. The number of ether oxygens (including phenoxy) is 1. The van der Waals surface area contributed by atoms with Crippen LogP contribution in [-0.2, 0) is 4.74 Å². The van der Waals surface area contributed by atoms with Gasteiger partial charge in [-0.05, 0) is 18.6 Å². The van der Waals surface area contributed by atoms with Crippen LogP contribution in [0.15, 0.2) is 65.6 Å². The van der Waals surface area contributed by atoms with Gasteiger partial charge in [0.1, 0.15) is 6.10 Å². The first kappa shape index (κ1) is 19.7. The van der Waals surface area contributed by atoms with Crippen molar-refractivity contribution in [1.82, 2.24) is 0 Å². The number of thioether (sulfide) groups is 1. The molecule has 1 N–H and O–H groups in total. The highest BCUT2D eigenvalue weighted by Crippen LogP contribution is 2.23. The Kier molecular flexibility index (Phi) is 7.70. The van der Waals surface area contributed by atoms with Crippen LogP contribution in [0, 0.1) is 10.2 Å². The highest BCUT2D eigenvalue weighted by molar-refractivity contribution is 7.99. The monoisotopic (exact) mass is 383 g/mol. The molecule has 0 aromatic heterocycles. The molecule has 1 heterocycles. The fourth-order valence-electron chi connectivity index (χ4n) is 2.21. The van der Waals surface area contributed by atoms with Gasteiger partial charge in [-0.3, -0.25) is 0 Å². The van der Waals surface area contributed by atoms with Gasteiger partial charge >= 0.3 is 5.90 Å². The maximum absolute atomic E-state index is 8.49. The van der Waals surface area contributed by atoms with Crippen molar-refractivity contribution >= 4 is 23.3 Å². The van der Waals surface area contributed by atoms with Gasteiger partial charge in [-0.15, -0.1) is 22.0 Å². The van der Waals surface area contributed by atoms with Crippen LogP contribution in [-0.4, -0.2) is 17.8 Å². The molecule has 134 valence electrons. The Balaban J connectivity index is 0.000000399. The molecule has 1 saturated heterocycles. The standard InChI is InChI=1S/C17H17NOS.ClHO4/c1-3-7-14(8-4-1)18-17-12-11-15(19-17)13-20-16-9-5-2-6-10-16;2-1(3,4)5/h1-10,15H,11-13H2;(H,2,3,4,5). The first-order valence-electron chi connectivity index (χ1n) is 7.54. The van der Waals surface area contributed by atoms with Gasteiger partial charge in [-0.1, -0.05) is 36.4 Å². The number of nitrogens with one attached hydrogen (secondary N) is 1. The van der Waals surface area contributed by atoms with E-state index in [4.69, 9.17) is 23.4 Å². The van der Waals surface area contributed by atoms with E-state index in [1.54, 1.807) is 0 Å². The van der Waals surface area contributed by atoms with E-state index in [1.165, 1.54) is 4.90 Å². The molecule has 0 aliphatic carbocycles. The summed E-state index contributed by atoms with van der Waals surface area (Å²) < 4.78 is 39.9. The molecule has 2 aromatic carbocycles. The molecule has 6 nitrogen and oxygen atoms in total. The van der Waals surface area contributed by atoms with Crippen LogP contribution >= 0.6 is 11.8 Å². The third kappa shape index (κ3) is 8.87.